The van der Waals surface area contributed by atoms with Crippen molar-refractivity contribution in [2.45, 2.75) is 11.8 Å². The van der Waals surface area contributed by atoms with Crippen molar-refractivity contribution in [1.82, 2.24) is 15.0 Å². The topological polar surface area (TPSA) is 139 Å². The first kappa shape index (κ1) is 19.3. The molecule has 0 atom stereocenters. The lowest BCUT2D eigenvalue weighted by atomic mass is 10.2. The summed E-state index contributed by atoms with van der Waals surface area (Å²) in [5, 5.41) is 11.1. The molecule has 2 N–H and O–H groups in total. The Labute approximate surface area is 161 Å². The van der Waals surface area contributed by atoms with Crippen molar-refractivity contribution < 1.29 is 17.7 Å². The number of benzene rings is 2. The molecule has 1 aromatic heterocycles. The second kappa shape index (κ2) is 8.06. The highest BCUT2D eigenvalue weighted by Gasteiger charge is 2.10. The zero-order valence-corrected chi connectivity index (χ0v) is 15.8. The number of aromatic nitrogens is 3. The second-order valence-corrected chi connectivity index (χ2v) is 6.96. The number of hydrogen-bond donors (Lipinski definition) is 2. The predicted molar refractivity (Wildman–Crippen MR) is 101 cm³/mol. The zero-order valence-electron chi connectivity index (χ0n) is 14.9. The maximum atomic E-state index is 11.2. The highest BCUT2D eigenvalue weighted by Crippen LogP contribution is 2.31. The lowest BCUT2D eigenvalue weighted by molar-refractivity contribution is 0.417. The minimum absolute atomic E-state index is 0.256. The van der Waals surface area contributed by atoms with E-state index < -0.39 is 10.1 Å². The third-order valence-corrected chi connectivity index (χ3v) is 4.37. The molecular weight excluding hydrogens is 384 g/mol. The minimum Gasteiger partial charge on any atom is -0.494 e. The Bertz CT molecular complexity index is 1130. The van der Waals surface area contributed by atoms with Gasteiger partial charge in [0, 0.05) is 6.07 Å². The van der Waals surface area contributed by atoms with E-state index in [-0.39, 0.29) is 10.6 Å². The van der Waals surface area contributed by atoms with Gasteiger partial charge in [-0.3, -0.25) is 4.55 Å². The lowest BCUT2D eigenvalue weighted by Crippen LogP contribution is -2.01. The number of ether oxygens (including phenoxy) is 1. The Kier molecular flexibility index (Phi) is 5.57. The van der Waals surface area contributed by atoms with Gasteiger partial charge < -0.3 is 10.1 Å². The molecule has 3 rings (SSSR count). The Morgan fingerprint density at radius 2 is 1.82 bits per heavy atom. The van der Waals surface area contributed by atoms with Gasteiger partial charge in [0.1, 0.15) is 17.9 Å². The molecule has 0 aliphatic carbocycles. The normalized spacial score (nSPS) is 11.5. The molecule has 0 unspecified atom stereocenters. The van der Waals surface area contributed by atoms with Gasteiger partial charge in [0.05, 0.1) is 29.1 Å². The largest absolute Gasteiger partial charge is 0.494 e. The maximum absolute atomic E-state index is 11.2. The van der Waals surface area contributed by atoms with Crippen LogP contribution in [0.15, 0.2) is 63.9 Å². The van der Waals surface area contributed by atoms with E-state index in [1.54, 1.807) is 31.2 Å². The summed E-state index contributed by atoms with van der Waals surface area (Å²) in [4.78, 5) is 11.9. The van der Waals surface area contributed by atoms with Crippen molar-refractivity contribution >= 4 is 33.1 Å². The van der Waals surface area contributed by atoms with Crippen molar-refractivity contribution in [3.63, 3.8) is 0 Å². The van der Waals surface area contributed by atoms with Crippen molar-refractivity contribution in [2.24, 2.45) is 10.2 Å². The molecule has 1 heterocycles. The molecule has 3 aromatic rings. The van der Waals surface area contributed by atoms with Gasteiger partial charge >= 0.3 is 0 Å². The lowest BCUT2D eigenvalue weighted by Gasteiger charge is -2.10. The van der Waals surface area contributed by atoms with Crippen LogP contribution in [-0.4, -0.2) is 35.0 Å². The molecule has 0 aliphatic rings. The van der Waals surface area contributed by atoms with Gasteiger partial charge in [0.25, 0.3) is 10.1 Å². The van der Waals surface area contributed by atoms with Gasteiger partial charge in [-0.25, -0.2) is 9.97 Å². The van der Waals surface area contributed by atoms with E-state index in [0.717, 1.165) is 0 Å². The van der Waals surface area contributed by atoms with Crippen LogP contribution < -0.4 is 10.1 Å². The van der Waals surface area contributed by atoms with Gasteiger partial charge in [-0.05, 0) is 37.3 Å². The van der Waals surface area contributed by atoms with Gasteiger partial charge in [-0.1, -0.05) is 6.07 Å². The van der Waals surface area contributed by atoms with Crippen molar-refractivity contribution in [3.8, 4) is 5.75 Å². The molecule has 144 valence electrons. The molecule has 10 nitrogen and oxygen atoms in total. The number of aryl methyl sites for hydroxylation is 1. The summed E-state index contributed by atoms with van der Waals surface area (Å²) in [5.74, 6) is 1.44. The summed E-state index contributed by atoms with van der Waals surface area (Å²) < 4.78 is 36.8. The zero-order chi connectivity index (χ0) is 20.1. The van der Waals surface area contributed by atoms with Crippen molar-refractivity contribution in [2.75, 3.05) is 12.4 Å². The third-order valence-electron chi connectivity index (χ3n) is 3.52. The van der Waals surface area contributed by atoms with E-state index in [1.807, 2.05) is 0 Å². The number of azo groups is 1. The standard InChI is InChI=1S/C17H16N6O4S/c1-11-18-10-19-17(20-11)21-15-7-6-13(9-16(15)27-2)23-22-12-4-3-5-14(8-12)28(24,25)26/h3-10H,1-2H3,(H,24,25,26)(H,18,19,20,21). The first-order valence-electron chi connectivity index (χ1n) is 7.95. The Balaban J connectivity index is 1.83. The summed E-state index contributed by atoms with van der Waals surface area (Å²) in [6, 6.07) is 10.6. The number of anilines is 2. The summed E-state index contributed by atoms with van der Waals surface area (Å²) in [7, 11) is -2.79. The number of rotatable bonds is 6. The van der Waals surface area contributed by atoms with E-state index in [4.69, 9.17) is 9.29 Å². The maximum Gasteiger partial charge on any atom is 0.294 e. The van der Waals surface area contributed by atoms with Crippen LogP contribution in [0, 0.1) is 6.92 Å². The number of methoxy groups -OCH3 is 1. The quantitative estimate of drug-likeness (QED) is 0.473. The average molecular weight is 400 g/mol. The molecule has 0 radical (unpaired) electrons. The second-order valence-electron chi connectivity index (χ2n) is 5.54. The van der Waals surface area contributed by atoms with Crippen molar-refractivity contribution in [3.05, 3.63) is 54.6 Å². The van der Waals surface area contributed by atoms with Gasteiger partial charge in [0.2, 0.25) is 5.95 Å². The van der Waals surface area contributed by atoms with Gasteiger partial charge in [-0.2, -0.15) is 23.6 Å². The monoisotopic (exact) mass is 400 g/mol. The van der Waals surface area contributed by atoms with Crippen LogP contribution in [0.2, 0.25) is 0 Å². The molecule has 0 saturated heterocycles. The van der Waals surface area contributed by atoms with Crippen LogP contribution in [0.1, 0.15) is 5.82 Å². The summed E-state index contributed by atoms with van der Waals surface area (Å²) in [6.07, 6.45) is 1.40. The molecule has 0 amide bonds. The molecule has 0 aliphatic heterocycles. The fourth-order valence-electron chi connectivity index (χ4n) is 2.23. The smallest absolute Gasteiger partial charge is 0.294 e. The molecule has 0 bridgehead atoms. The third kappa shape index (κ3) is 4.84. The average Bonchev–Trinajstić information content (AvgIpc) is 2.67. The molecule has 0 saturated carbocycles. The van der Waals surface area contributed by atoms with E-state index in [1.165, 1.54) is 31.6 Å². The highest BCUT2D eigenvalue weighted by atomic mass is 32.2. The molecule has 0 fully saturated rings. The van der Waals surface area contributed by atoms with E-state index >= 15 is 0 Å². The number of nitrogens with one attached hydrogen (secondary N) is 1. The predicted octanol–water partition coefficient (Wildman–Crippen LogP) is 3.59. The number of nitrogens with zero attached hydrogens (tertiary/aromatic N) is 5. The molecule has 0 spiro atoms. The van der Waals surface area contributed by atoms with Gasteiger partial charge in [0.15, 0.2) is 0 Å². The van der Waals surface area contributed by atoms with Crippen LogP contribution in [0.4, 0.5) is 23.0 Å². The Morgan fingerprint density at radius 1 is 1.07 bits per heavy atom. The Hall–Kier alpha value is -3.44. The minimum atomic E-state index is -4.30. The summed E-state index contributed by atoms with van der Waals surface area (Å²) in [6.45, 7) is 1.75. The molecule has 2 aromatic carbocycles. The van der Waals surface area contributed by atoms with Crippen LogP contribution in [0.3, 0.4) is 0 Å². The summed E-state index contributed by atoms with van der Waals surface area (Å²) in [5.41, 5.74) is 1.38. The van der Waals surface area contributed by atoms with E-state index in [0.29, 0.717) is 28.9 Å². The van der Waals surface area contributed by atoms with E-state index in [2.05, 4.69) is 30.5 Å². The fourth-order valence-corrected chi connectivity index (χ4v) is 2.75. The van der Waals surface area contributed by atoms with Crippen LogP contribution in [0.5, 0.6) is 5.75 Å². The first-order chi connectivity index (χ1) is 13.3. The van der Waals surface area contributed by atoms with Gasteiger partial charge in [-0.15, -0.1) is 0 Å². The summed E-state index contributed by atoms with van der Waals surface area (Å²) >= 11 is 0. The fraction of sp³-hybridized carbons (Fsp3) is 0.118. The Morgan fingerprint density at radius 3 is 2.50 bits per heavy atom. The number of hydrogen-bond acceptors (Lipinski definition) is 9. The van der Waals surface area contributed by atoms with Crippen LogP contribution in [-0.2, 0) is 10.1 Å². The molecule has 28 heavy (non-hydrogen) atoms. The van der Waals surface area contributed by atoms with E-state index in [9.17, 15) is 8.42 Å². The van der Waals surface area contributed by atoms with Crippen LogP contribution >= 0.6 is 0 Å². The highest BCUT2D eigenvalue weighted by molar-refractivity contribution is 7.85. The molecular formula is C17H16N6O4S. The van der Waals surface area contributed by atoms with Crippen molar-refractivity contribution in [1.29, 1.82) is 0 Å². The van der Waals surface area contributed by atoms with Crippen LogP contribution in [0.25, 0.3) is 0 Å². The molecule has 11 heteroatoms. The first-order valence-corrected chi connectivity index (χ1v) is 9.39. The SMILES string of the molecule is COc1cc(N=Nc2cccc(S(=O)(=O)O)c2)ccc1Nc1ncnc(C)n1.